The Balaban J connectivity index is 2.36. The molecular weight excluding hydrogens is 294 g/mol. The third-order valence-corrected chi connectivity index (χ3v) is 3.47. The second kappa shape index (κ2) is 5.44. The summed E-state index contributed by atoms with van der Waals surface area (Å²) in [5.74, 6) is 1.41. The lowest BCUT2D eigenvalue weighted by Crippen LogP contribution is -2.36. The summed E-state index contributed by atoms with van der Waals surface area (Å²) in [4.78, 5) is 6.33. The standard InChI is InChI=1S/C13H16BrN3O/c1-3-6-17-11(8-16-13(17)15)10-7-9(14)4-5-12(10)18-2/h3-5,7,11H,1,6,8H2,2H3,(H2,15,16). The number of guanidine groups is 1. The van der Waals surface area contributed by atoms with Crippen molar-refractivity contribution in [2.75, 3.05) is 20.2 Å². The zero-order chi connectivity index (χ0) is 13.1. The summed E-state index contributed by atoms with van der Waals surface area (Å²) in [6, 6.07) is 6.06. The minimum Gasteiger partial charge on any atom is -0.496 e. The molecule has 0 fully saturated rings. The van der Waals surface area contributed by atoms with Gasteiger partial charge in [0.1, 0.15) is 5.75 Å². The van der Waals surface area contributed by atoms with Gasteiger partial charge in [-0.15, -0.1) is 6.58 Å². The van der Waals surface area contributed by atoms with E-state index in [9.17, 15) is 0 Å². The Hall–Kier alpha value is -1.49. The number of methoxy groups -OCH3 is 1. The number of benzene rings is 1. The molecule has 0 spiro atoms. The molecule has 0 bridgehead atoms. The molecule has 0 aromatic heterocycles. The van der Waals surface area contributed by atoms with Crippen LogP contribution in [0.5, 0.6) is 5.75 Å². The van der Waals surface area contributed by atoms with Gasteiger partial charge in [-0.2, -0.15) is 0 Å². The molecular formula is C13H16BrN3O. The maximum absolute atomic E-state index is 5.90. The molecule has 2 N–H and O–H groups in total. The average Bonchev–Trinajstić information content (AvgIpc) is 2.72. The van der Waals surface area contributed by atoms with Crippen LogP contribution in [0.4, 0.5) is 0 Å². The van der Waals surface area contributed by atoms with Gasteiger partial charge in [0.2, 0.25) is 0 Å². The second-order valence-corrected chi connectivity index (χ2v) is 4.96. The lowest BCUT2D eigenvalue weighted by atomic mass is 10.1. The van der Waals surface area contributed by atoms with Crippen LogP contribution in [-0.4, -0.2) is 31.1 Å². The molecule has 0 amide bonds. The van der Waals surface area contributed by atoms with Crippen molar-refractivity contribution in [2.24, 2.45) is 10.7 Å². The minimum atomic E-state index is 0.107. The number of nitrogens with two attached hydrogens (primary N) is 1. The Labute approximate surface area is 115 Å². The Kier molecular flexibility index (Phi) is 3.91. The molecule has 1 aliphatic heterocycles. The number of hydrogen-bond donors (Lipinski definition) is 1. The summed E-state index contributed by atoms with van der Waals surface area (Å²) in [6.45, 7) is 5.08. The van der Waals surface area contributed by atoms with Crippen molar-refractivity contribution in [1.82, 2.24) is 4.90 Å². The van der Waals surface area contributed by atoms with E-state index >= 15 is 0 Å². The maximum Gasteiger partial charge on any atom is 0.192 e. The number of ether oxygens (including phenoxy) is 1. The van der Waals surface area contributed by atoms with E-state index in [2.05, 4.69) is 27.5 Å². The third kappa shape index (κ3) is 2.36. The second-order valence-electron chi connectivity index (χ2n) is 4.04. The summed E-state index contributed by atoms with van der Waals surface area (Å²) >= 11 is 3.48. The zero-order valence-corrected chi connectivity index (χ0v) is 11.9. The van der Waals surface area contributed by atoms with Crippen molar-refractivity contribution >= 4 is 21.9 Å². The largest absolute Gasteiger partial charge is 0.496 e. The fraction of sp³-hybridized carbons (Fsp3) is 0.308. The van der Waals surface area contributed by atoms with Crippen LogP contribution < -0.4 is 10.5 Å². The van der Waals surface area contributed by atoms with E-state index in [1.807, 2.05) is 29.2 Å². The molecule has 5 heteroatoms. The van der Waals surface area contributed by atoms with Gasteiger partial charge in [-0.3, -0.25) is 4.99 Å². The normalized spacial score (nSPS) is 18.7. The first-order valence-corrected chi connectivity index (χ1v) is 6.47. The van der Waals surface area contributed by atoms with Crippen LogP contribution >= 0.6 is 15.9 Å². The monoisotopic (exact) mass is 309 g/mol. The molecule has 1 unspecified atom stereocenters. The van der Waals surface area contributed by atoms with Crippen LogP contribution in [-0.2, 0) is 0 Å². The van der Waals surface area contributed by atoms with Crippen molar-refractivity contribution in [2.45, 2.75) is 6.04 Å². The highest BCUT2D eigenvalue weighted by Gasteiger charge is 2.28. The summed E-state index contributed by atoms with van der Waals surface area (Å²) < 4.78 is 6.43. The SMILES string of the molecule is C=CCN1C(N)=NCC1c1cc(Br)ccc1OC. The van der Waals surface area contributed by atoms with Gasteiger partial charge in [0.25, 0.3) is 0 Å². The molecule has 18 heavy (non-hydrogen) atoms. The predicted molar refractivity (Wildman–Crippen MR) is 76.8 cm³/mol. The topological polar surface area (TPSA) is 50.8 Å². The molecule has 0 radical (unpaired) electrons. The van der Waals surface area contributed by atoms with E-state index in [1.165, 1.54) is 0 Å². The molecule has 0 saturated heterocycles. The van der Waals surface area contributed by atoms with Gasteiger partial charge < -0.3 is 15.4 Å². The fourth-order valence-electron chi connectivity index (χ4n) is 2.12. The molecule has 1 aliphatic rings. The average molecular weight is 310 g/mol. The van der Waals surface area contributed by atoms with Gasteiger partial charge in [0, 0.05) is 16.6 Å². The van der Waals surface area contributed by atoms with E-state index in [-0.39, 0.29) is 6.04 Å². The lowest BCUT2D eigenvalue weighted by molar-refractivity contribution is 0.353. The van der Waals surface area contributed by atoms with Gasteiger partial charge >= 0.3 is 0 Å². The van der Waals surface area contributed by atoms with Crippen LogP contribution in [0, 0.1) is 0 Å². The van der Waals surface area contributed by atoms with E-state index < -0.39 is 0 Å². The lowest BCUT2D eigenvalue weighted by Gasteiger charge is -2.26. The highest BCUT2D eigenvalue weighted by atomic mass is 79.9. The summed E-state index contributed by atoms with van der Waals surface area (Å²) in [6.07, 6.45) is 1.82. The molecule has 1 atom stereocenters. The zero-order valence-electron chi connectivity index (χ0n) is 10.3. The van der Waals surface area contributed by atoms with Crippen LogP contribution in [0.1, 0.15) is 11.6 Å². The van der Waals surface area contributed by atoms with Crippen molar-refractivity contribution < 1.29 is 4.74 Å². The van der Waals surface area contributed by atoms with Crippen molar-refractivity contribution in [3.63, 3.8) is 0 Å². The number of halogens is 1. The number of nitrogens with zero attached hydrogens (tertiary/aromatic N) is 2. The molecule has 96 valence electrons. The molecule has 0 saturated carbocycles. The van der Waals surface area contributed by atoms with Crippen molar-refractivity contribution in [1.29, 1.82) is 0 Å². The van der Waals surface area contributed by atoms with Crippen molar-refractivity contribution in [3.05, 3.63) is 40.9 Å². The minimum absolute atomic E-state index is 0.107. The van der Waals surface area contributed by atoms with Gasteiger partial charge in [0.15, 0.2) is 5.96 Å². The fourth-order valence-corrected chi connectivity index (χ4v) is 2.50. The molecule has 4 nitrogen and oxygen atoms in total. The molecule has 0 aliphatic carbocycles. The Bertz CT molecular complexity index is 487. The first-order chi connectivity index (χ1) is 8.67. The van der Waals surface area contributed by atoms with Gasteiger partial charge in [-0.1, -0.05) is 22.0 Å². The van der Waals surface area contributed by atoms with Gasteiger partial charge in [0.05, 0.1) is 19.7 Å². The molecule has 1 aromatic rings. The van der Waals surface area contributed by atoms with E-state index in [1.54, 1.807) is 7.11 Å². The van der Waals surface area contributed by atoms with Crippen LogP contribution in [0.25, 0.3) is 0 Å². The van der Waals surface area contributed by atoms with Crippen LogP contribution in [0.3, 0.4) is 0 Å². The van der Waals surface area contributed by atoms with E-state index in [0.29, 0.717) is 19.0 Å². The van der Waals surface area contributed by atoms with Crippen molar-refractivity contribution in [3.8, 4) is 5.75 Å². The quantitative estimate of drug-likeness (QED) is 0.868. The Morgan fingerprint density at radius 2 is 2.44 bits per heavy atom. The summed E-state index contributed by atoms with van der Waals surface area (Å²) in [5, 5.41) is 0. The third-order valence-electron chi connectivity index (χ3n) is 2.97. The van der Waals surface area contributed by atoms with Gasteiger partial charge in [-0.25, -0.2) is 0 Å². The first-order valence-electron chi connectivity index (χ1n) is 5.68. The van der Waals surface area contributed by atoms with Crippen LogP contribution in [0.15, 0.2) is 40.3 Å². The predicted octanol–water partition coefficient (Wildman–Crippen LogP) is 2.32. The summed E-state index contributed by atoms with van der Waals surface area (Å²) in [5.41, 5.74) is 6.98. The van der Waals surface area contributed by atoms with E-state index in [0.717, 1.165) is 15.8 Å². The maximum atomic E-state index is 5.90. The molecule has 1 heterocycles. The highest BCUT2D eigenvalue weighted by molar-refractivity contribution is 9.10. The number of hydrogen-bond acceptors (Lipinski definition) is 4. The van der Waals surface area contributed by atoms with Gasteiger partial charge in [-0.05, 0) is 18.2 Å². The Morgan fingerprint density at radius 3 is 3.11 bits per heavy atom. The van der Waals surface area contributed by atoms with Crippen LogP contribution in [0.2, 0.25) is 0 Å². The first kappa shape index (κ1) is 13.0. The van der Waals surface area contributed by atoms with E-state index in [4.69, 9.17) is 10.5 Å². The Morgan fingerprint density at radius 1 is 1.67 bits per heavy atom. The highest BCUT2D eigenvalue weighted by Crippen LogP contribution is 2.34. The number of aliphatic imine (C=N–C) groups is 1. The molecule has 2 rings (SSSR count). The summed E-state index contributed by atoms with van der Waals surface area (Å²) in [7, 11) is 1.67. The number of rotatable bonds is 4. The molecule has 1 aromatic carbocycles. The smallest absolute Gasteiger partial charge is 0.192 e.